The van der Waals surface area contributed by atoms with Crippen molar-refractivity contribution in [3.63, 3.8) is 0 Å². The van der Waals surface area contributed by atoms with Crippen molar-refractivity contribution >= 4 is 33.4 Å². The summed E-state index contributed by atoms with van der Waals surface area (Å²) >= 11 is 9.38. The van der Waals surface area contributed by atoms with Crippen LogP contribution in [0.1, 0.15) is 17.3 Å². The van der Waals surface area contributed by atoms with Crippen molar-refractivity contribution in [2.45, 2.75) is 6.92 Å². The Balaban J connectivity index is 1.49. The summed E-state index contributed by atoms with van der Waals surface area (Å²) in [5.74, 6) is 0.932. The minimum Gasteiger partial charge on any atom is -0.494 e. The van der Waals surface area contributed by atoms with E-state index in [1.54, 1.807) is 24.3 Å². The molecule has 3 aromatic rings. The summed E-state index contributed by atoms with van der Waals surface area (Å²) in [6, 6.07) is 16.3. The van der Waals surface area contributed by atoms with Crippen LogP contribution >= 0.6 is 27.5 Å². The molecule has 1 amide bonds. The van der Waals surface area contributed by atoms with Gasteiger partial charge in [0.2, 0.25) is 5.88 Å². The van der Waals surface area contributed by atoms with Crippen molar-refractivity contribution in [3.05, 3.63) is 69.7 Å². The highest BCUT2D eigenvalue weighted by molar-refractivity contribution is 9.10. The van der Waals surface area contributed by atoms with Gasteiger partial charge in [-0.25, -0.2) is 0 Å². The summed E-state index contributed by atoms with van der Waals surface area (Å²) in [7, 11) is 0. The maximum Gasteiger partial charge on any atom is 0.252 e. The molecule has 0 fully saturated rings. The predicted octanol–water partition coefficient (Wildman–Crippen LogP) is 4.77. The second kappa shape index (κ2) is 10.2. The number of nitrogens with zero attached hydrogens (tertiary/aromatic N) is 2. The number of carbonyl (C=O) groups excluding carboxylic acids is 1. The molecule has 0 aliphatic carbocycles. The quantitative estimate of drug-likeness (QED) is 0.474. The molecule has 3 rings (SSSR count). The first-order valence-electron chi connectivity index (χ1n) is 9.00. The van der Waals surface area contributed by atoms with E-state index in [9.17, 15) is 4.79 Å². The van der Waals surface area contributed by atoms with Gasteiger partial charge in [0.15, 0.2) is 0 Å². The van der Waals surface area contributed by atoms with Crippen LogP contribution in [0, 0.1) is 0 Å². The Morgan fingerprint density at radius 2 is 1.86 bits per heavy atom. The monoisotopic (exact) mass is 475 g/mol. The Kier molecular flexibility index (Phi) is 7.43. The van der Waals surface area contributed by atoms with E-state index in [-0.39, 0.29) is 12.5 Å². The molecule has 0 spiro atoms. The van der Waals surface area contributed by atoms with Crippen LogP contribution in [0.5, 0.6) is 11.6 Å². The molecule has 0 atom stereocenters. The van der Waals surface area contributed by atoms with Crippen LogP contribution < -0.4 is 14.8 Å². The molecule has 0 saturated heterocycles. The molecule has 0 radical (unpaired) electrons. The molecule has 1 N–H and O–H groups in total. The maximum absolute atomic E-state index is 12.2. The summed E-state index contributed by atoms with van der Waals surface area (Å²) in [5, 5.41) is 11.4. The molecule has 1 heterocycles. The van der Waals surface area contributed by atoms with Gasteiger partial charge in [0.25, 0.3) is 5.91 Å². The minimum absolute atomic E-state index is 0.258. The Bertz CT molecular complexity index is 966. The number of amides is 1. The number of benzene rings is 2. The normalized spacial score (nSPS) is 10.4. The van der Waals surface area contributed by atoms with Crippen molar-refractivity contribution in [1.82, 2.24) is 15.5 Å². The van der Waals surface area contributed by atoms with Crippen molar-refractivity contribution in [2.75, 3.05) is 19.8 Å². The summed E-state index contributed by atoms with van der Waals surface area (Å²) in [6.07, 6.45) is 0. The molecule has 2 aromatic carbocycles. The number of hydrogen-bond acceptors (Lipinski definition) is 5. The summed E-state index contributed by atoms with van der Waals surface area (Å²) < 4.78 is 11.8. The average Bonchev–Trinajstić information content (AvgIpc) is 2.74. The zero-order valence-corrected chi connectivity index (χ0v) is 18.0. The van der Waals surface area contributed by atoms with Gasteiger partial charge in [0, 0.05) is 16.1 Å². The average molecular weight is 477 g/mol. The fourth-order valence-electron chi connectivity index (χ4n) is 2.53. The first kappa shape index (κ1) is 21.1. The molecule has 8 heteroatoms. The van der Waals surface area contributed by atoms with E-state index in [4.69, 9.17) is 21.1 Å². The van der Waals surface area contributed by atoms with Crippen molar-refractivity contribution < 1.29 is 14.3 Å². The summed E-state index contributed by atoms with van der Waals surface area (Å²) in [4.78, 5) is 12.2. The third-order valence-electron chi connectivity index (χ3n) is 3.91. The molecular formula is C21H19BrClN3O3. The fraction of sp³-hybridized carbons (Fsp3) is 0.190. The topological polar surface area (TPSA) is 73.3 Å². The Labute approximate surface area is 182 Å². The molecule has 0 saturated carbocycles. The molecule has 0 aliphatic heterocycles. The highest BCUT2D eigenvalue weighted by Gasteiger charge is 2.10. The zero-order valence-electron chi connectivity index (χ0n) is 15.7. The van der Waals surface area contributed by atoms with Crippen LogP contribution in [0.15, 0.2) is 59.1 Å². The van der Waals surface area contributed by atoms with Crippen molar-refractivity contribution in [3.8, 4) is 22.9 Å². The molecule has 0 bridgehead atoms. The van der Waals surface area contributed by atoms with Crippen LogP contribution in [-0.2, 0) is 0 Å². The van der Waals surface area contributed by atoms with E-state index >= 15 is 0 Å². The highest BCUT2D eigenvalue weighted by atomic mass is 79.9. The van der Waals surface area contributed by atoms with E-state index in [2.05, 4.69) is 31.4 Å². The lowest BCUT2D eigenvalue weighted by Crippen LogP contribution is -2.28. The van der Waals surface area contributed by atoms with E-state index in [1.165, 1.54) is 0 Å². The van der Waals surface area contributed by atoms with Crippen LogP contribution in [-0.4, -0.2) is 35.9 Å². The molecule has 29 heavy (non-hydrogen) atoms. The van der Waals surface area contributed by atoms with Gasteiger partial charge in [0.05, 0.1) is 29.4 Å². The third-order valence-corrected chi connectivity index (χ3v) is 4.73. The zero-order chi connectivity index (χ0) is 20.6. The second-order valence-electron chi connectivity index (χ2n) is 5.94. The Hall–Kier alpha value is -2.64. The Morgan fingerprint density at radius 1 is 1.07 bits per heavy atom. The first-order valence-corrected chi connectivity index (χ1v) is 10.2. The predicted molar refractivity (Wildman–Crippen MR) is 116 cm³/mol. The van der Waals surface area contributed by atoms with Gasteiger partial charge in [-0.3, -0.25) is 4.79 Å². The second-order valence-corrected chi connectivity index (χ2v) is 7.27. The molecule has 6 nitrogen and oxygen atoms in total. The van der Waals surface area contributed by atoms with Crippen molar-refractivity contribution in [2.24, 2.45) is 0 Å². The molecule has 0 aliphatic rings. The van der Waals surface area contributed by atoms with Crippen LogP contribution in [0.2, 0.25) is 5.02 Å². The number of rotatable bonds is 8. The van der Waals surface area contributed by atoms with Crippen LogP contribution in [0.3, 0.4) is 0 Å². The number of nitrogens with one attached hydrogen (secondary N) is 1. The Morgan fingerprint density at radius 3 is 2.55 bits per heavy atom. The van der Waals surface area contributed by atoms with E-state index in [1.807, 2.05) is 37.3 Å². The number of hydrogen-bond donors (Lipinski definition) is 1. The lowest BCUT2D eigenvalue weighted by molar-refractivity contribution is 0.0946. The number of aromatic nitrogens is 2. The van der Waals surface area contributed by atoms with Gasteiger partial charge in [0.1, 0.15) is 12.4 Å². The third kappa shape index (κ3) is 5.92. The smallest absolute Gasteiger partial charge is 0.252 e. The molecular weight excluding hydrogens is 458 g/mol. The summed E-state index contributed by atoms with van der Waals surface area (Å²) in [6.45, 7) is 3.14. The van der Waals surface area contributed by atoms with Gasteiger partial charge in [-0.15, -0.1) is 10.2 Å². The lowest BCUT2D eigenvalue weighted by Gasteiger charge is -2.09. The van der Waals surface area contributed by atoms with E-state index in [0.717, 1.165) is 21.5 Å². The van der Waals surface area contributed by atoms with Gasteiger partial charge < -0.3 is 14.8 Å². The fourth-order valence-corrected chi connectivity index (χ4v) is 3.09. The van der Waals surface area contributed by atoms with Crippen molar-refractivity contribution in [1.29, 1.82) is 0 Å². The number of ether oxygens (including phenoxy) is 2. The van der Waals surface area contributed by atoms with E-state index in [0.29, 0.717) is 29.6 Å². The standard InChI is InChI=1S/C21H19BrClN3O3/c1-2-28-16-6-3-14(4-7-16)19-9-10-20(26-25-19)29-12-11-24-21(27)17-13-15(22)5-8-18(17)23/h3-10,13H,2,11-12H2,1H3,(H,24,27). The molecule has 150 valence electrons. The van der Waals surface area contributed by atoms with Crippen LogP contribution in [0.25, 0.3) is 11.3 Å². The molecule has 1 aromatic heterocycles. The lowest BCUT2D eigenvalue weighted by atomic mass is 10.1. The number of carbonyl (C=O) groups is 1. The SMILES string of the molecule is CCOc1ccc(-c2ccc(OCCNC(=O)c3cc(Br)ccc3Cl)nn2)cc1. The highest BCUT2D eigenvalue weighted by Crippen LogP contribution is 2.22. The van der Waals surface area contributed by atoms with Gasteiger partial charge in [-0.2, -0.15) is 0 Å². The van der Waals surface area contributed by atoms with Gasteiger partial charge >= 0.3 is 0 Å². The maximum atomic E-state index is 12.2. The van der Waals surface area contributed by atoms with Crippen LogP contribution in [0.4, 0.5) is 0 Å². The summed E-state index contributed by atoms with van der Waals surface area (Å²) in [5.41, 5.74) is 2.07. The van der Waals surface area contributed by atoms with E-state index < -0.39 is 0 Å². The molecule has 0 unspecified atom stereocenters. The minimum atomic E-state index is -0.267. The number of halogens is 2. The first-order chi connectivity index (χ1) is 14.1. The van der Waals surface area contributed by atoms with Gasteiger partial charge in [-0.05, 0) is 55.5 Å². The largest absolute Gasteiger partial charge is 0.494 e. The van der Waals surface area contributed by atoms with Gasteiger partial charge in [-0.1, -0.05) is 27.5 Å².